The molecule has 0 amide bonds. The summed E-state index contributed by atoms with van der Waals surface area (Å²) >= 11 is 0. The first-order valence-electron chi connectivity index (χ1n) is 5.61. The summed E-state index contributed by atoms with van der Waals surface area (Å²) in [6, 6.07) is 10.9. The minimum absolute atomic E-state index is 0.264. The molecule has 3 N–H and O–H groups in total. The minimum atomic E-state index is -0.455. The summed E-state index contributed by atoms with van der Waals surface area (Å²) in [6.45, 7) is 0. The van der Waals surface area contributed by atoms with E-state index in [1.165, 1.54) is 25.3 Å². The van der Waals surface area contributed by atoms with Gasteiger partial charge in [0, 0.05) is 0 Å². The van der Waals surface area contributed by atoms with E-state index in [9.17, 15) is 9.18 Å². The van der Waals surface area contributed by atoms with Crippen molar-refractivity contribution in [3.63, 3.8) is 0 Å². The van der Waals surface area contributed by atoms with Crippen molar-refractivity contribution < 1.29 is 13.9 Å². The maximum absolute atomic E-state index is 13.0. The number of hydrogen-bond donors (Lipinski definition) is 2. The van der Waals surface area contributed by atoms with Crippen molar-refractivity contribution in [3.05, 3.63) is 53.8 Å². The van der Waals surface area contributed by atoms with Crippen LogP contribution in [0.3, 0.4) is 0 Å². The second kappa shape index (κ2) is 5.39. The van der Waals surface area contributed by atoms with Crippen LogP contribution in [0.1, 0.15) is 10.4 Å². The van der Waals surface area contributed by atoms with Gasteiger partial charge in [0.05, 0.1) is 29.7 Å². The van der Waals surface area contributed by atoms with Crippen molar-refractivity contribution in [2.45, 2.75) is 0 Å². The molecule has 2 rings (SSSR count). The molecule has 0 unspecified atom stereocenters. The Balaban J connectivity index is 2.35. The monoisotopic (exact) mass is 260 g/mol. The quantitative estimate of drug-likeness (QED) is 0.658. The van der Waals surface area contributed by atoms with Gasteiger partial charge in [-0.15, -0.1) is 0 Å². The highest BCUT2D eigenvalue weighted by Gasteiger charge is 2.11. The maximum atomic E-state index is 13.0. The molecule has 5 heteroatoms. The van der Waals surface area contributed by atoms with E-state index in [-0.39, 0.29) is 5.69 Å². The molecule has 0 aliphatic heterocycles. The number of rotatable bonds is 3. The van der Waals surface area contributed by atoms with Gasteiger partial charge in [-0.2, -0.15) is 0 Å². The zero-order valence-electron chi connectivity index (χ0n) is 10.3. The SMILES string of the molecule is COC(=O)c1ccccc1Nc1ccc(F)cc1N. The Morgan fingerprint density at radius 1 is 1.21 bits per heavy atom. The van der Waals surface area contributed by atoms with Crippen molar-refractivity contribution in [2.75, 3.05) is 18.2 Å². The Kier molecular flexibility index (Phi) is 3.66. The van der Waals surface area contributed by atoms with Crippen LogP contribution in [0.15, 0.2) is 42.5 Å². The summed E-state index contributed by atoms with van der Waals surface area (Å²) in [4.78, 5) is 11.6. The molecule has 0 aromatic heterocycles. The number of carbonyl (C=O) groups is 1. The number of ether oxygens (including phenoxy) is 1. The van der Waals surface area contributed by atoms with Crippen LogP contribution < -0.4 is 11.1 Å². The van der Waals surface area contributed by atoms with E-state index in [0.29, 0.717) is 16.9 Å². The topological polar surface area (TPSA) is 64.3 Å². The number of esters is 1. The molecular formula is C14H13FN2O2. The van der Waals surface area contributed by atoms with Crippen molar-refractivity contribution in [1.82, 2.24) is 0 Å². The Morgan fingerprint density at radius 3 is 2.63 bits per heavy atom. The van der Waals surface area contributed by atoms with Crippen LogP contribution >= 0.6 is 0 Å². The molecule has 0 spiro atoms. The van der Waals surface area contributed by atoms with Gasteiger partial charge >= 0.3 is 5.97 Å². The second-order valence-electron chi connectivity index (χ2n) is 3.89. The zero-order valence-corrected chi connectivity index (χ0v) is 10.3. The molecule has 2 aromatic rings. The Bertz CT molecular complexity index is 614. The zero-order chi connectivity index (χ0) is 13.8. The summed E-state index contributed by atoms with van der Waals surface area (Å²) < 4.78 is 17.7. The standard InChI is InChI=1S/C14H13FN2O2/c1-19-14(18)10-4-2-3-5-12(10)17-13-7-6-9(15)8-11(13)16/h2-8,17H,16H2,1H3. The minimum Gasteiger partial charge on any atom is -0.465 e. The number of benzene rings is 2. The van der Waals surface area contributed by atoms with Gasteiger partial charge in [-0.1, -0.05) is 12.1 Å². The van der Waals surface area contributed by atoms with Crippen LogP contribution in [0.2, 0.25) is 0 Å². The molecule has 0 atom stereocenters. The van der Waals surface area contributed by atoms with Gasteiger partial charge in [0.25, 0.3) is 0 Å². The van der Waals surface area contributed by atoms with Crippen molar-refractivity contribution in [2.24, 2.45) is 0 Å². The number of nitrogen functional groups attached to an aromatic ring is 1. The fourth-order valence-electron chi connectivity index (χ4n) is 1.67. The van der Waals surface area contributed by atoms with Crippen LogP contribution in [0.4, 0.5) is 21.5 Å². The third-order valence-corrected chi connectivity index (χ3v) is 2.62. The van der Waals surface area contributed by atoms with Crippen LogP contribution in [-0.4, -0.2) is 13.1 Å². The molecule has 0 saturated carbocycles. The number of anilines is 3. The summed E-state index contributed by atoms with van der Waals surface area (Å²) in [5.74, 6) is -0.868. The van der Waals surface area contributed by atoms with Gasteiger partial charge in [0.15, 0.2) is 0 Å². The van der Waals surface area contributed by atoms with Gasteiger partial charge in [0.1, 0.15) is 5.82 Å². The molecule has 0 heterocycles. The number of para-hydroxylation sites is 1. The van der Waals surface area contributed by atoms with Crippen molar-refractivity contribution >= 4 is 23.0 Å². The predicted octanol–water partition coefficient (Wildman–Crippen LogP) is 2.94. The number of halogens is 1. The second-order valence-corrected chi connectivity index (χ2v) is 3.89. The number of nitrogens with one attached hydrogen (secondary N) is 1. The van der Waals surface area contributed by atoms with Gasteiger partial charge in [-0.25, -0.2) is 9.18 Å². The third-order valence-electron chi connectivity index (χ3n) is 2.62. The lowest BCUT2D eigenvalue weighted by Gasteiger charge is -2.12. The summed E-state index contributed by atoms with van der Waals surface area (Å²) in [6.07, 6.45) is 0. The highest BCUT2D eigenvalue weighted by molar-refractivity contribution is 5.96. The molecule has 0 radical (unpaired) electrons. The van der Waals surface area contributed by atoms with Crippen molar-refractivity contribution in [1.29, 1.82) is 0 Å². The van der Waals surface area contributed by atoms with Crippen LogP contribution in [-0.2, 0) is 4.74 Å². The molecule has 2 aromatic carbocycles. The lowest BCUT2D eigenvalue weighted by atomic mass is 10.1. The molecule has 0 aliphatic carbocycles. The van der Waals surface area contributed by atoms with E-state index in [2.05, 4.69) is 5.32 Å². The predicted molar refractivity (Wildman–Crippen MR) is 71.9 cm³/mol. The normalized spacial score (nSPS) is 10.0. The van der Waals surface area contributed by atoms with E-state index in [0.717, 1.165) is 0 Å². The third kappa shape index (κ3) is 2.82. The van der Waals surface area contributed by atoms with E-state index >= 15 is 0 Å². The molecule has 0 fully saturated rings. The average Bonchev–Trinajstić information content (AvgIpc) is 2.41. The summed E-state index contributed by atoms with van der Waals surface area (Å²) in [5, 5.41) is 2.99. The van der Waals surface area contributed by atoms with Crippen LogP contribution in [0.25, 0.3) is 0 Å². The lowest BCUT2D eigenvalue weighted by Crippen LogP contribution is -2.06. The van der Waals surface area contributed by atoms with Crippen LogP contribution in [0.5, 0.6) is 0 Å². The van der Waals surface area contributed by atoms with Crippen molar-refractivity contribution in [3.8, 4) is 0 Å². The molecule has 0 bridgehead atoms. The number of nitrogens with two attached hydrogens (primary N) is 1. The Hall–Kier alpha value is -2.56. The van der Waals surface area contributed by atoms with E-state index < -0.39 is 11.8 Å². The first kappa shape index (κ1) is 12.9. The van der Waals surface area contributed by atoms with Gasteiger partial charge in [0.2, 0.25) is 0 Å². The highest BCUT2D eigenvalue weighted by Crippen LogP contribution is 2.26. The largest absolute Gasteiger partial charge is 0.465 e. The smallest absolute Gasteiger partial charge is 0.339 e. The van der Waals surface area contributed by atoms with Gasteiger partial charge in [-0.05, 0) is 30.3 Å². The number of methoxy groups -OCH3 is 1. The Labute approximate surface area is 110 Å². The molecule has 19 heavy (non-hydrogen) atoms. The molecule has 4 nitrogen and oxygen atoms in total. The molecule has 0 aliphatic rings. The van der Waals surface area contributed by atoms with E-state index in [1.807, 2.05) is 0 Å². The summed E-state index contributed by atoms with van der Waals surface area (Å²) in [5.41, 5.74) is 7.43. The van der Waals surface area contributed by atoms with Gasteiger partial charge in [-0.3, -0.25) is 0 Å². The maximum Gasteiger partial charge on any atom is 0.339 e. The highest BCUT2D eigenvalue weighted by atomic mass is 19.1. The fourth-order valence-corrected chi connectivity index (χ4v) is 1.67. The average molecular weight is 260 g/mol. The first-order chi connectivity index (χ1) is 9.11. The molecule has 98 valence electrons. The molecule has 0 saturated heterocycles. The van der Waals surface area contributed by atoms with E-state index in [1.54, 1.807) is 24.3 Å². The summed E-state index contributed by atoms with van der Waals surface area (Å²) in [7, 11) is 1.31. The Morgan fingerprint density at radius 2 is 1.95 bits per heavy atom. The van der Waals surface area contributed by atoms with Crippen LogP contribution in [0, 0.1) is 5.82 Å². The number of carbonyl (C=O) groups excluding carboxylic acids is 1. The fraction of sp³-hybridized carbons (Fsp3) is 0.0714. The van der Waals surface area contributed by atoms with E-state index in [4.69, 9.17) is 10.5 Å². The van der Waals surface area contributed by atoms with Gasteiger partial charge < -0.3 is 15.8 Å². The lowest BCUT2D eigenvalue weighted by molar-refractivity contribution is 0.0602. The molecular weight excluding hydrogens is 247 g/mol. The first-order valence-corrected chi connectivity index (χ1v) is 5.61. The number of hydrogen-bond acceptors (Lipinski definition) is 4.